The highest BCUT2D eigenvalue weighted by Gasteiger charge is 2.20. The molecule has 2 N–H and O–H groups in total. The first-order valence-electron chi connectivity index (χ1n) is 8.02. The van der Waals surface area contributed by atoms with Crippen LogP contribution in [0.25, 0.3) is 0 Å². The van der Waals surface area contributed by atoms with Crippen LogP contribution in [0.1, 0.15) is 33.1 Å². The van der Waals surface area contributed by atoms with E-state index in [0.717, 1.165) is 38.6 Å². The Kier molecular flexibility index (Phi) is 12.3. The lowest BCUT2D eigenvalue weighted by atomic mass is 10.2. The third-order valence-electron chi connectivity index (χ3n) is 3.53. The van der Waals surface area contributed by atoms with Crippen LogP contribution in [-0.4, -0.2) is 70.1 Å². The number of halogens is 1. The van der Waals surface area contributed by atoms with E-state index in [0.29, 0.717) is 13.1 Å². The number of nitrogens with zero attached hydrogens (tertiary/aromatic N) is 2. The third kappa shape index (κ3) is 9.83. The molecule has 0 atom stereocenters. The molecule has 0 amide bonds. The Bertz CT molecular complexity index is 401. The maximum Gasteiger partial charge on any atom is 0.191 e. The van der Waals surface area contributed by atoms with E-state index in [2.05, 4.69) is 34.4 Å². The van der Waals surface area contributed by atoms with Gasteiger partial charge in [-0.25, -0.2) is 8.42 Å². The number of aliphatic imine (C=N–C) groups is 1. The van der Waals surface area contributed by atoms with Crippen molar-refractivity contribution in [1.82, 2.24) is 15.5 Å². The van der Waals surface area contributed by atoms with E-state index in [4.69, 9.17) is 0 Å². The summed E-state index contributed by atoms with van der Waals surface area (Å²) in [5.41, 5.74) is 0. The van der Waals surface area contributed by atoms with Gasteiger partial charge in [0, 0.05) is 39.3 Å². The minimum Gasteiger partial charge on any atom is -0.357 e. The second-order valence-electron chi connectivity index (χ2n) is 5.39. The monoisotopic (exact) mass is 446 g/mol. The van der Waals surface area contributed by atoms with Crippen LogP contribution in [0.15, 0.2) is 4.99 Å². The maximum absolute atomic E-state index is 11.4. The van der Waals surface area contributed by atoms with Crippen LogP contribution in [0.3, 0.4) is 0 Å². The van der Waals surface area contributed by atoms with E-state index >= 15 is 0 Å². The van der Waals surface area contributed by atoms with Gasteiger partial charge in [0.1, 0.15) is 0 Å². The summed E-state index contributed by atoms with van der Waals surface area (Å²) in [7, 11) is -2.78. The van der Waals surface area contributed by atoms with Crippen molar-refractivity contribution in [3.05, 3.63) is 0 Å². The standard InChI is InChI=1S/C14H30N4O2S.HI/c1-3-5-6-7-16-14(15-4-2)17-8-9-18-10-12-21(19,20)13-11-18;/h3-13H2,1-2H3,(H2,15,16,17);1H. The van der Waals surface area contributed by atoms with Gasteiger partial charge in [0.2, 0.25) is 0 Å². The lowest BCUT2D eigenvalue weighted by Crippen LogP contribution is -2.46. The van der Waals surface area contributed by atoms with Crippen LogP contribution < -0.4 is 10.6 Å². The Balaban J connectivity index is 0.00000441. The fraction of sp³-hybridized carbons (Fsp3) is 0.929. The highest BCUT2D eigenvalue weighted by atomic mass is 127. The molecule has 0 aromatic rings. The third-order valence-corrected chi connectivity index (χ3v) is 5.14. The fourth-order valence-corrected chi connectivity index (χ4v) is 3.48. The van der Waals surface area contributed by atoms with Crippen molar-refractivity contribution in [2.45, 2.75) is 33.1 Å². The number of unbranched alkanes of at least 4 members (excludes halogenated alkanes) is 2. The summed E-state index contributed by atoms with van der Waals surface area (Å²) >= 11 is 0. The van der Waals surface area contributed by atoms with Crippen molar-refractivity contribution >= 4 is 39.8 Å². The number of hydrogen-bond donors (Lipinski definition) is 2. The van der Waals surface area contributed by atoms with Crippen molar-refractivity contribution in [2.75, 3.05) is 50.8 Å². The normalized spacial score (nSPS) is 18.5. The van der Waals surface area contributed by atoms with E-state index in [1.165, 1.54) is 12.8 Å². The number of sulfone groups is 1. The minimum absolute atomic E-state index is 0. The number of hydrogen-bond acceptors (Lipinski definition) is 4. The summed E-state index contributed by atoms with van der Waals surface area (Å²) in [4.78, 5) is 6.73. The van der Waals surface area contributed by atoms with Gasteiger partial charge < -0.3 is 10.6 Å². The summed E-state index contributed by atoms with van der Waals surface area (Å²) < 4.78 is 22.7. The average Bonchev–Trinajstić information content (AvgIpc) is 2.45. The van der Waals surface area contributed by atoms with Crippen molar-refractivity contribution in [1.29, 1.82) is 0 Å². The van der Waals surface area contributed by atoms with Crippen LogP contribution in [0.4, 0.5) is 0 Å². The van der Waals surface area contributed by atoms with Crippen molar-refractivity contribution in [3.8, 4) is 0 Å². The Hall–Kier alpha value is -0.0900. The lowest BCUT2D eigenvalue weighted by Gasteiger charge is -2.26. The molecule has 1 heterocycles. The first kappa shape index (κ1) is 21.9. The number of nitrogens with one attached hydrogen (secondary N) is 2. The maximum atomic E-state index is 11.4. The quantitative estimate of drug-likeness (QED) is 0.253. The second-order valence-corrected chi connectivity index (χ2v) is 7.69. The molecule has 0 aromatic carbocycles. The molecule has 0 aromatic heterocycles. The van der Waals surface area contributed by atoms with Gasteiger partial charge in [-0.05, 0) is 13.3 Å². The molecule has 1 aliphatic heterocycles. The molecule has 6 nitrogen and oxygen atoms in total. The van der Waals surface area contributed by atoms with Gasteiger partial charge in [-0.3, -0.25) is 9.89 Å². The molecule has 0 bridgehead atoms. The summed E-state index contributed by atoms with van der Waals surface area (Å²) in [6.07, 6.45) is 3.54. The summed E-state index contributed by atoms with van der Waals surface area (Å²) in [5, 5.41) is 6.55. The molecule has 1 fully saturated rings. The Morgan fingerprint density at radius 1 is 1.14 bits per heavy atom. The van der Waals surface area contributed by atoms with E-state index in [-0.39, 0.29) is 35.5 Å². The summed E-state index contributed by atoms with van der Waals surface area (Å²) in [6, 6.07) is 0. The molecule has 132 valence electrons. The molecular weight excluding hydrogens is 415 g/mol. The Morgan fingerprint density at radius 3 is 2.41 bits per heavy atom. The smallest absolute Gasteiger partial charge is 0.191 e. The van der Waals surface area contributed by atoms with Gasteiger partial charge in [-0.2, -0.15) is 0 Å². The molecule has 22 heavy (non-hydrogen) atoms. The predicted octanol–water partition coefficient (Wildman–Crippen LogP) is 1.08. The zero-order valence-electron chi connectivity index (χ0n) is 13.8. The molecule has 0 unspecified atom stereocenters. The van der Waals surface area contributed by atoms with Gasteiger partial charge in [-0.1, -0.05) is 19.8 Å². The average molecular weight is 446 g/mol. The molecule has 0 spiro atoms. The Morgan fingerprint density at radius 2 is 1.82 bits per heavy atom. The van der Waals surface area contributed by atoms with E-state index < -0.39 is 9.84 Å². The molecule has 0 saturated carbocycles. The molecule has 0 aliphatic carbocycles. The zero-order valence-corrected chi connectivity index (χ0v) is 17.0. The van der Waals surface area contributed by atoms with Crippen LogP contribution in [0.2, 0.25) is 0 Å². The van der Waals surface area contributed by atoms with Crippen LogP contribution in [-0.2, 0) is 9.84 Å². The highest BCUT2D eigenvalue weighted by molar-refractivity contribution is 14.0. The van der Waals surface area contributed by atoms with Gasteiger partial charge >= 0.3 is 0 Å². The van der Waals surface area contributed by atoms with Crippen molar-refractivity contribution < 1.29 is 8.42 Å². The molecule has 1 rings (SSSR count). The lowest BCUT2D eigenvalue weighted by molar-refractivity contribution is 0.299. The largest absolute Gasteiger partial charge is 0.357 e. The molecule has 8 heteroatoms. The van der Waals surface area contributed by atoms with E-state index in [1.54, 1.807) is 0 Å². The predicted molar refractivity (Wildman–Crippen MR) is 104 cm³/mol. The number of guanidine groups is 1. The molecule has 1 aliphatic rings. The van der Waals surface area contributed by atoms with Gasteiger partial charge in [-0.15, -0.1) is 24.0 Å². The van der Waals surface area contributed by atoms with Crippen LogP contribution in [0.5, 0.6) is 0 Å². The summed E-state index contributed by atoms with van der Waals surface area (Å²) in [6.45, 7) is 8.88. The van der Waals surface area contributed by atoms with Crippen molar-refractivity contribution in [2.24, 2.45) is 4.99 Å². The zero-order chi connectivity index (χ0) is 15.6. The van der Waals surface area contributed by atoms with Crippen LogP contribution >= 0.6 is 24.0 Å². The van der Waals surface area contributed by atoms with Crippen LogP contribution in [0, 0.1) is 0 Å². The second kappa shape index (κ2) is 12.3. The molecular formula is C14H31IN4O2S. The van der Waals surface area contributed by atoms with Gasteiger partial charge in [0.25, 0.3) is 0 Å². The van der Waals surface area contributed by atoms with Crippen molar-refractivity contribution in [3.63, 3.8) is 0 Å². The van der Waals surface area contributed by atoms with Gasteiger partial charge in [0.05, 0.1) is 11.5 Å². The summed E-state index contributed by atoms with van der Waals surface area (Å²) in [5.74, 6) is 1.44. The van der Waals surface area contributed by atoms with E-state index in [9.17, 15) is 8.42 Å². The SMILES string of the molecule is CCCCCN=C(NCC)NCCN1CCS(=O)(=O)CC1.I. The molecule has 0 radical (unpaired) electrons. The van der Waals surface area contributed by atoms with E-state index in [1.807, 2.05) is 0 Å². The molecule has 1 saturated heterocycles. The first-order chi connectivity index (χ1) is 10.1. The Labute approximate surface area is 152 Å². The minimum atomic E-state index is -2.78. The topological polar surface area (TPSA) is 73.8 Å². The van der Waals surface area contributed by atoms with Gasteiger partial charge in [0.15, 0.2) is 15.8 Å². The number of rotatable bonds is 8. The first-order valence-corrected chi connectivity index (χ1v) is 9.84. The fourth-order valence-electron chi connectivity index (χ4n) is 2.20. The highest BCUT2D eigenvalue weighted by Crippen LogP contribution is 2.02.